The Morgan fingerprint density at radius 1 is 0.473 bits per heavy atom. The van der Waals surface area contributed by atoms with E-state index in [4.69, 9.17) is 28.4 Å². The van der Waals surface area contributed by atoms with Crippen molar-refractivity contribution in [2.45, 2.75) is 304 Å². The van der Waals surface area contributed by atoms with Crippen LogP contribution in [0.5, 0.6) is 0 Å². The smallest absolute Gasteiger partial charge is 0.220 e. The summed E-state index contributed by atoms with van der Waals surface area (Å²) < 4.78 is 34.0. The van der Waals surface area contributed by atoms with Crippen molar-refractivity contribution in [3.05, 3.63) is 12.2 Å². The van der Waals surface area contributed by atoms with Gasteiger partial charge in [-0.15, -0.1) is 0 Å². The van der Waals surface area contributed by atoms with Gasteiger partial charge in [-0.25, -0.2) is 0 Å². The molecule has 74 heavy (non-hydrogen) atoms. The zero-order valence-electron chi connectivity index (χ0n) is 45.1. The van der Waals surface area contributed by atoms with Crippen LogP contribution in [-0.4, -0.2) is 193 Å². The van der Waals surface area contributed by atoms with E-state index in [-0.39, 0.29) is 18.9 Å². The first-order valence-electron chi connectivity index (χ1n) is 28.9. The van der Waals surface area contributed by atoms with E-state index >= 15 is 0 Å². The number of ether oxygens (including phenoxy) is 6. The van der Waals surface area contributed by atoms with Crippen LogP contribution in [0.25, 0.3) is 0 Å². The molecule has 17 unspecified atom stereocenters. The molecule has 0 aromatic rings. The molecule has 0 aromatic carbocycles. The fourth-order valence-corrected chi connectivity index (χ4v) is 10.0. The van der Waals surface area contributed by atoms with E-state index in [1.165, 1.54) is 128 Å². The molecule has 1 amide bonds. The fraction of sp³-hybridized carbons (Fsp3) is 0.945. The van der Waals surface area contributed by atoms with Crippen LogP contribution in [-0.2, 0) is 33.2 Å². The Hall–Kier alpha value is -1.47. The average molecular weight is 1070 g/mol. The highest BCUT2D eigenvalue weighted by Crippen LogP contribution is 2.33. The molecule has 0 spiro atoms. The van der Waals surface area contributed by atoms with E-state index in [1.807, 2.05) is 6.08 Å². The van der Waals surface area contributed by atoms with Crippen molar-refractivity contribution in [2.75, 3.05) is 26.4 Å². The molecule has 3 saturated heterocycles. The van der Waals surface area contributed by atoms with Crippen LogP contribution in [0.3, 0.4) is 0 Å². The van der Waals surface area contributed by atoms with E-state index < -0.39 is 124 Å². The lowest BCUT2D eigenvalue weighted by atomic mass is 9.96. The summed E-state index contributed by atoms with van der Waals surface area (Å²) in [6.45, 7) is 1.60. The molecule has 3 heterocycles. The second-order valence-corrected chi connectivity index (χ2v) is 21.1. The van der Waals surface area contributed by atoms with Crippen molar-refractivity contribution in [2.24, 2.45) is 0 Å². The van der Waals surface area contributed by atoms with Gasteiger partial charge in [0, 0.05) is 6.42 Å². The van der Waals surface area contributed by atoms with E-state index in [9.17, 15) is 61.0 Å². The Labute approximate surface area is 442 Å². The van der Waals surface area contributed by atoms with E-state index in [1.54, 1.807) is 6.08 Å². The molecule has 3 rings (SSSR count). The van der Waals surface area contributed by atoms with Gasteiger partial charge >= 0.3 is 0 Å². The number of unbranched alkanes of at least 4 members (excludes halogenated alkanes) is 26. The molecule has 0 radical (unpaired) electrons. The molecule has 0 saturated carbocycles. The van der Waals surface area contributed by atoms with E-state index in [0.717, 1.165) is 44.9 Å². The Bertz CT molecular complexity index is 1410. The number of carbonyl (C=O) groups excluding carboxylic acids is 1. The summed E-state index contributed by atoms with van der Waals surface area (Å²) in [4.78, 5) is 13.2. The molecular weight excluding hydrogens is 963 g/mol. The molecule has 19 heteroatoms. The molecule has 3 aliphatic heterocycles. The lowest BCUT2D eigenvalue weighted by Gasteiger charge is -2.48. The molecule has 0 aliphatic carbocycles. The Morgan fingerprint density at radius 2 is 0.838 bits per heavy atom. The standard InChI is InChI=1S/C55H103NO18/c1-3-5-7-9-10-11-12-13-14-15-16-17-18-19-20-21-22-23-24-25-26-27-29-31-33-43(61)56-38(39(60)32-30-28-8-6-4-2)37-69-53-49(67)46(64)51(41(35-58)71-53)74-55-50(68)47(65)52(42(36-59)72-55)73-54-48(66)45(63)44(62)40(34-57)70-54/h30,32,38-42,44-55,57-60,62-68H,3-29,31,33-37H2,1-2H3,(H,56,61)/b32-30+. The SMILES string of the molecule is CCCCC/C=C/C(O)C(COC1OC(CO)C(OC2OC(CO)C(OC3OC(CO)C(O)C(O)C3O)C(O)C2O)C(O)C1O)NC(=O)CCCCCCCCCCCCCCCCCCCCCCCCCC. The summed E-state index contributed by atoms with van der Waals surface area (Å²) in [5.41, 5.74) is 0. The summed E-state index contributed by atoms with van der Waals surface area (Å²) in [6.07, 6.45) is 11.5. The second-order valence-electron chi connectivity index (χ2n) is 21.1. The van der Waals surface area contributed by atoms with Gasteiger partial charge in [0.05, 0.1) is 38.6 Å². The summed E-state index contributed by atoms with van der Waals surface area (Å²) >= 11 is 0. The molecule has 0 aromatic heterocycles. The van der Waals surface area contributed by atoms with Crippen molar-refractivity contribution >= 4 is 5.91 Å². The highest BCUT2D eigenvalue weighted by atomic mass is 16.8. The lowest BCUT2D eigenvalue weighted by Crippen LogP contribution is -2.66. The molecule has 3 aliphatic rings. The Kier molecular flexibility index (Phi) is 35.9. The van der Waals surface area contributed by atoms with Gasteiger partial charge in [-0.1, -0.05) is 187 Å². The van der Waals surface area contributed by atoms with Gasteiger partial charge < -0.3 is 89.9 Å². The van der Waals surface area contributed by atoms with Gasteiger partial charge in [0.25, 0.3) is 0 Å². The maximum absolute atomic E-state index is 13.2. The van der Waals surface area contributed by atoms with Crippen molar-refractivity contribution in [3.63, 3.8) is 0 Å². The number of carbonyl (C=O) groups is 1. The number of amides is 1. The Morgan fingerprint density at radius 3 is 1.27 bits per heavy atom. The van der Waals surface area contributed by atoms with E-state index in [0.29, 0.717) is 6.42 Å². The lowest BCUT2D eigenvalue weighted by molar-refractivity contribution is -0.379. The van der Waals surface area contributed by atoms with Gasteiger partial charge in [-0.3, -0.25) is 4.79 Å². The fourth-order valence-electron chi connectivity index (χ4n) is 10.0. The third-order valence-electron chi connectivity index (χ3n) is 14.8. The monoisotopic (exact) mass is 1070 g/mol. The first-order valence-corrected chi connectivity index (χ1v) is 28.9. The topological polar surface area (TPSA) is 307 Å². The summed E-state index contributed by atoms with van der Waals surface area (Å²) in [7, 11) is 0. The number of nitrogens with one attached hydrogen (secondary N) is 1. The predicted molar refractivity (Wildman–Crippen MR) is 277 cm³/mol. The van der Waals surface area contributed by atoms with Gasteiger partial charge in [0.15, 0.2) is 18.9 Å². The molecular formula is C55H103NO18. The van der Waals surface area contributed by atoms with Gasteiger partial charge in [-0.05, 0) is 19.3 Å². The molecule has 0 bridgehead atoms. The highest BCUT2D eigenvalue weighted by Gasteiger charge is 2.53. The Balaban J connectivity index is 1.38. The highest BCUT2D eigenvalue weighted by molar-refractivity contribution is 5.76. The normalized spacial score (nSPS) is 31.5. The second kappa shape index (κ2) is 39.8. The molecule has 3 fully saturated rings. The quantitative estimate of drug-likeness (QED) is 0.0301. The molecule has 436 valence electrons. The van der Waals surface area contributed by atoms with Crippen molar-refractivity contribution < 1.29 is 89.4 Å². The van der Waals surface area contributed by atoms with Crippen LogP contribution in [0.4, 0.5) is 0 Å². The maximum atomic E-state index is 13.2. The van der Waals surface area contributed by atoms with E-state index in [2.05, 4.69) is 19.2 Å². The van der Waals surface area contributed by atoms with Crippen molar-refractivity contribution in [3.8, 4) is 0 Å². The molecule has 19 nitrogen and oxygen atoms in total. The number of allylic oxidation sites excluding steroid dienone is 1. The largest absolute Gasteiger partial charge is 0.394 e. The number of aliphatic hydroxyl groups excluding tert-OH is 11. The molecule has 17 atom stereocenters. The van der Waals surface area contributed by atoms with Crippen LogP contribution < -0.4 is 5.32 Å². The van der Waals surface area contributed by atoms with Crippen LogP contribution in [0, 0.1) is 0 Å². The maximum Gasteiger partial charge on any atom is 0.220 e. The van der Waals surface area contributed by atoms with Crippen molar-refractivity contribution in [1.82, 2.24) is 5.32 Å². The number of rotatable bonds is 42. The van der Waals surface area contributed by atoms with Crippen molar-refractivity contribution in [1.29, 1.82) is 0 Å². The van der Waals surface area contributed by atoms with Crippen LogP contribution in [0.2, 0.25) is 0 Å². The van der Waals surface area contributed by atoms with Gasteiger partial charge in [0.1, 0.15) is 73.2 Å². The number of hydrogen-bond acceptors (Lipinski definition) is 18. The summed E-state index contributed by atoms with van der Waals surface area (Å²) in [5.74, 6) is -0.280. The molecule has 12 N–H and O–H groups in total. The van der Waals surface area contributed by atoms with Gasteiger partial charge in [0.2, 0.25) is 5.91 Å². The number of aliphatic hydroxyl groups is 11. The summed E-state index contributed by atoms with van der Waals surface area (Å²) in [6, 6.07) is -0.963. The van der Waals surface area contributed by atoms with Crippen LogP contribution in [0.1, 0.15) is 200 Å². The third-order valence-corrected chi connectivity index (χ3v) is 14.8. The van der Waals surface area contributed by atoms with Crippen LogP contribution >= 0.6 is 0 Å². The summed E-state index contributed by atoms with van der Waals surface area (Å²) in [5, 5.41) is 119. The minimum absolute atomic E-state index is 0.247. The first-order chi connectivity index (χ1) is 35.8. The zero-order valence-corrected chi connectivity index (χ0v) is 45.1. The first kappa shape index (κ1) is 66.8. The minimum atomic E-state index is -1.97. The van der Waals surface area contributed by atoms with Crippen LogP contribution in [0.15, 0.2) is 12.2 Å². The average Bonchev–Trinajstić information content (AvgIpc) is 3.39. The predicted octanol–water partition coefficient (Wildman–Crippen LogP) is 4.21. The third kappa shape index (κ3) is 24.3. The minimum Gasteiger partial charge on any atom is -0.394 e. The number of hydrogen-bond donors (Lipinski definition) is 12. The zero-order chi connectivity index (χ0) is 54.1. The van der Waals surface area contributed by atoms with Gasteiger partial charge in [-0.2, -0.15) is 0 Å².